The highest BCUT2D eigenvalue weighted by molar-refractivity contribution is 7.89. The second-order valence-electron chi connectivity index (χ2n) is 6.52. The third-order valence-electron chi connectivity index (χ3n) is 4.79. The zero-order valence-electron chi connectivity index (χ0n) is 14.4. The van der Waals surface area contributed by atoms with Crippen molar-refractivity contribution in [3.63, 3.8) is 0 Å². The molecule has 0 atom stereocenters. The number of sulfonamides is 1. The minimum Gasteiger partial charge on any atom is -0.379 e. The van der Waals surface area contributed by atoms with Crippen molar-refractivity contribution in [2.24, 2.45) is 0 Å². The van der Waals surface area contributed by atoms with Gasteiger partial charge in [0.2, 0.25) is 10.0 Å². The second-order valence-corrected chi connectivity index (χ2v) is 8.45. The first kappa shape index (κ1) is 17.8. The van der Waals surface area contributed by atoms with E-state index < -0.39 is 10.0 Å². The van der Waals surface area contributed by atoms with Gasteiger partial charge in [0.05, 0.1) is 18.1 Å². The maximum absolute atomic E-state index is 12.7. The van der Waals surface area contributed by atoms with Crippen LogP contribution in [-0.4, -0.2) is 88.1 Å². The highest BCUT2D eigenvalue weighted by Gasteiger charge is 2.28. The van der Waals surface area contributed by atoms with Crippen molar-refractivity contribution in [1.82, 2.24) is 14.1 Å². The van der Waals surface area contributed by atoms with E-state index in [9.17, 15) is 8.42 Å². The predicted octanol–water partition coefficient (Wildman–Crippen LogP) is 0.634. The summed E-state index contributed by atoms with van der Waals surface area (Å²) >= 11 is 0. The van der Waals surface area contributed by atoms with Gasteiger partial charge in [0.15, 0.2) is 0 Å². The number of benzene rings is 1. The lowest BCUT2D eigenvalue weighted by Gasteiger charge is -2.35. The first-order chi connectivity index (χ1) is 11.6. The third kappa shape index (κ3) is 4.34. The Kier molecular flexibility index (Phi) is 5.89. The fraction of sp³-hybridized carbons (Fsp3) is 0.647. The number of aryl methyl sites for hydroxylation is 1. The first-order valence-electron chi connectivity index (χ1n) is 8.65. The zero-order valence-corrected chi connectivity index (χ0v) is 15.2. The van der Waals surface area contributed by atoms with E-state index in [-0.39, 0.29) is 0 Å². The molecule has 0 amide bonds. The second kappa shape index (κ2) is 7.93. The van der Waals surface area contributed by atoms with E-state index >= 15 is 0 Å². The van der Waals surface area contributed by atoms with Gasteiger partial charge in [0, 0.05) is 52.4 Å². The van der Waals surface area contributed by atoms with Crippen molar-refractivity contribution in [3.8, 4) is 0 Å². The number of hydrogen-bond donors (Lipinski definition) is 0. The number of hydrogen-bond acceptors (Lipinski definition) is 5. The van der Waals surface area contributed by atoms with E-state index in [1.807, 2.05) is 13.0 Å². The summed E-state index contributed by atoms with van der Waals surface area (Å²) in [7, 11) is -3.36. The fourth-order valence-electron chi connectivity index (χ4n) is 3.23. The molecule has 0 N–H and O–H groups in total. The number of rotatable bonds is 5. The predicted molar refractivity (Wildman–Crippen MR) is 93.6 cm³/mol. The number of morpholine rings is 1. The summed E-state index contributed by atoms with van der Waals surface area (Å²) in [5, 5.41) is 0. The van der Waals surface area contributed by atoms with E-state index in [4.69, 9.17) is 4.74 Å². The highest BCUT2D eigenvalue weighted by atomic mass is 32.2. The number of piperazine rings is 1. The van der Waals surface area contributed by atoms with E-state index in [1.165, 1.54) is 0 Å². The molecule has 0 bridgehead atoms. The van der Waals surface area contributed by atoms with Crippen molar-refractivity contribution in [3.05, 3.63) is 29.8 Å². The smallest absolute Gasteiger partial charge is 0.243 e. The molecule has 0 saturated carbocycles. The van der Waals surface area contributed by atoms with Crippen LogP contribution in [0.2, 0.25) is 0 Å². The molecule has 2 fully saturated rings. The number of nitrogens with zero attached hydrogens (tertiary/aromatic N) is 3. The van der Waals surface area contributed by atoms with Gasteiger partial charge in [-0.15, -0.1) is 0 Å². The van der Waals surface area contributed by atoms with E-state index in [0.717, 1.165) is 58.0 Å². The van der Waals surface area contributed by atoms with E-state index in [2.05, 4.69) is 9.80 Å². The lowest BCUT2D eigenvalue weighted by molar-refractivity contribution is 0.0317. The quantitative estimate of drug-likeness (QED) is 0.777. The monoisotopic (exact) mass is 353 g/mol. The van der Waals surface area contributed by atoms with Crippen molar-refractivity contribution in [2.75, 3.05) is 65.6 Å². The molecule has 24 heavy (non-hydrogen) atoms. The van der Waals surface area contributed by atoms with Gasteiger partial charge in [-0.2, -0.15) is 4.31 Å². The Bertz CT molecular complexity index is 636. The van der Waals surface area contributed by atoms with E-state index in [1.54, 1.807) is 22.5 Å². The molecule has 2 aliphatic rings. The van der Waals surface area contributed by atoms with Crippen molar-refractivity contribution < 1.29 is 13.2 Å². The first-order valence-corrected chi connectivity index (χ1v) is 10.1. The summed E-state index contributed by atoms with van der Waals surface area (Å²) in [6, 6.07) is 7.16. The Labute approximate surface area is 145 Å². The Balaban J connectivity index is 1.51. The lowest BCUT2D eigenvalue weighted by Crippen LogP contribution is -2.50. The molecule has 134 valence electrons. The Hall–Kier alpha value is -0.990. The molecule has 0 aromatic heterocycles. The molecule has 0 aliphatic carbocycles. The summed E-state index contributed by atoms with van der Waals surface area (Å²) in [6.45, 7) is 10.3. The molecule has 0 spiro atoms. The zero-order chi connectivity index (χ0) is 17.0. The van der Waals surface area contributed by atoms with Crippen LogP contribution in [0.1, 0.15) is 5.56 Å². The van der Waals surface area contributed by atoms with Gasteiger partial charge in [0.25, 0.3) is 0 Å². The molecule has 1 aromatic carbocycles. The average molecular weight is 353 g/mol. The molecule has 7 heteroatoms. The molecular weight excluding hydrogens is 326 g/mol. The third-order valence-corrected chi connectivity index (χ3v) is 6.69. The molecule has 2 heterocycles. The van der Waals surface area contributed by atoms with Crippen LogP contribution in [0.4, 0.5) is 0 Å². The summed E-state index contributed by atoms with van der Waals surface area (Å²) < 4.78 is 32.5. The molecule has 6 nitrogen and oxygen atoms in total. The summed E-state index contributed by atoms with van der Waals surface area (Å²) in [5.74, 6) is 0. The molecule has 2 saturated heterocycles. The normalized spacial score (nSPS) is 21.9. The Morgan fingerprint density at radius 2 is 1.58 bits per heavy atom. The molecule has 3 rings (SSSR count). The highest BCUT2D eigenvalue weighted by Crippen LogP contribution is 2.18. The van der Waals surface area contributed by atoms with Crippen LogP contribution >= 0.6 is 0 Å². The minimum absolute atomic E-state index is 0.407. The van der Waals surface area contributed by atoms with Crippen molar-refractivity contribution >= 4 is 10.0 Å². The lowest BCUT2D eigenvalue weighted by atomic mass is 10.2. The van der Waals surface area contributed by atoms with Gasteiger partial charge in [-0.25, -0.2) is 8.42 Å². The van der Waals surface area contributed by atoms with E-state index in [0.29, 0.717) is 18.0 Å². The van der Waals surface area contributed by atoms with Gasteiger partial charge in [-0.1, -0.05) is 12.1 Å². The molecular formula is C17H27N3O3S. The molecule has 0 radical (unpaired) electrons. The average Bonchev–Trinajstić information content (AvgIpc) is 2.61. The van der Waals surface area contributed by atoms with Crippen LogP contribution in [0.15, 0.2) is 29.2 Å². The van der Waals surface area contributed by atoms with Crippen molar-refractivity contribution in [1.29, 1.82) is 0 Å². The van der Waals surface area contributed by atoms with Crippen LogP contribution in [-0.2, 0) is 14.8 Å². The molecule has 1 aromatic rings. The van der Waals surface area contributed by atoms with Crippen LogP contribution in [0, 0.1) is 6.92 Å². The van der Waals surface area contributed by atoms with Crippen molar-refractivity contribution in [2.45, 2.75) is 11.8 Å². The molecule has 0 unspecified atom stereocenters. The largest absolute Gasteiger partial charge is 0.379 e. The van der Waals surface area contributed by atoms with Gasteiger partial charge in [-0.3, -0.25) is 9.80 Å². The van der Waals surface area contributed by atoms with Gasteiger partial charge in [0.1, 0.15) is 0 Å². The van der Waals surface area contributed by atoms with Gasteiger partial charge < -0.3 is 4.74 Å². The standard InChI is InChI=1S/C17H27N3O3S/c1-16-3-2-4-17(15-16)24(21,22)20-9-7-18(8-10-20)5-6-19-11-13-23-14-12-19/h2-4,15H,5-14H2,1H3. The summed E-state index contributed by atoms with van der Waals surface area (Å²) in [4.78, 5) is 5.18. The topological polar surface area (TPSA) is 53.1 Å². The minimum atomic E-state index is -3.36. The van der Waals surface area contributed by atoms with Gasteiger partial charge >= 0.3 is 0 Å². The number of ether oxygens (including phenoxy) is 1. The van der Waals surface area contributed by atoms with Crippen LogP contribution in [0.25, 0.3) is 0 Å². The summed E-state index contributed by atoms with van der Waals surface area (Å²) in [5.41, 5.74) is 0.972. The summed E-state index contributed by atoms with van der Waals surface area (Å²) in [6.07, 6.45) is 0. The Morgan fingerprint density at radius 3 is 2.21 bits per heavy atom. The molecule has 2 aliphatic heterocycles. The SMILES string of the molecule is Cc1cccc(S(=O)(=O)N2CCN(CCN3CCOCC3)CC2)c1. The van der Waals surface area contributed by atoms with Gasteiger partial charge in [-0.05, 0) is 24.6 Å². The fourth-order valence-corrected chi connectivity index (χ4v) is 4.75. The van der Waals surface area contributed by atoms with Crippen LogP contribution in [0.5, 0.6) is 0 Å². The maximum Gasteiger partial charge on any atom is 0.243 e. The maximum atomic E-state index is 12.7. The van der Waals surface area contributed by atoms with Crippen LogP contribution < -0.4 is 0 Å². The Morgan fingerprint density at radius 1 is 0.958 bits per heavy atom. The van der Waals surface area contributed by atoms with Crippen LogP contribution in [0.3, 0.4) is 0 Å².